The van der Waals surface area contributed by atoms with E-state index in [-0.39, 0.29) is 0 Å². The molecule has 0 saturated carbocycles. The number of hydrogen-bond acceptors (Lipinski definition) is 5. The monoisotopic (exact) mass is 391 g/mol. The van der Waals surface area contributed by atoms with Crippen LogP contribution >= 0.6 is 22.6 Å². The molecule has 0 bridgehead atoms. The highest BCUT2D eigenvalue weighted by Gasteiger charge is 2.19. The Morgan fingerprint density at radius 3 is 2.75 bits per heavy atom. The van der Waals surface area contributed by atoms with E-state index in [1.807, 2.05) is 10.8 Å². The molecule has 2 rings (SSSR count). The van der Waals surface area contributed by atoms with Gasteiger partial charge in [0.25, 0.3) is 0 Å². The van der Waals surface area contributed by atoms with E-state index in [0.29, 0.717) is 25.6 Å². The highest BCUT2D eigenvalue weighted by atomic mass is 127. The molecule has 0 aliphatic rings. The maximum atomic E-state index is 9.97. The summed E-state index contributed by atoms with van der Waals surface area (Å²) in [4.78, 5) is 8.48. The lowest BCUT2D eigenvalue weighted by Crippen LogP contribution is -2.25. The summed E-state index contributed by atoms with van der Waals surface area (Å²) in [6, 6.07) is 0. The number of aliphatic hydroxyl groups is 1. The second-order valence-electron chi connectivity index (χ2n) is 5.14. The number of fused-ring (bicyclic) bond motifs is 1. The van der Waals surface area contributed by atoms with Crippen molar-refractivity contribution in [2.45, 2.75) is 26.0 Å². The molecule has 0 amide bonds. The molecule has 110 valence electrons. The Bertz CT molecular complexity index is 592. The average Bonchev–Trinajstić information content (AvgIpc) is 2.65. The summed E-state index contributed by atoms with van der Waals surface area (Å²) in [5.74, 6) is 0.547. The molecular formula is C13H18IN3O3. The number of hydrogen-bond donors (Lipinski definition) is 1. The van der Waals surface area contributed by atoms with Crippen molar-refractivity contribution >= 4 is 33.6 Å². The first kappa shape index (κ1) is 15.5. The van der Waals surface area contributed by atoms with Crippen molar-refractivity contribution in [1.29, 1.82) is 0 Å². The van der Waals surface area contributed by atoms with Gasteiger partial charge in [-0.15, -0.1) is 0 Å². The Morgan fingerprint density at radius 2 is 2.10 bits per heavy atom. The fourth-order valence-corrected chi connectivity index (χ4v) is 2.73. The van der Waals surface area contributed by atoms with Crippen LogP contribution in [0.25, 0.3) is 11.0 Å². The molecule has 0 aliphatic heterocycles. The molecule has 2 aromatic rings. The molecule has 7 heteroatoms. The second-order valence-corrected chi connectivity index (χ2v) is 6.30. The zero-order chi connectivity index (χ0) is 14.8. The smallest absolute Gasteiger partial charge is 0.227 e. The Balaban J connectivity index is 2.37. The Kier molecular flexibility index (Phi) is 4.82. The summed E-state index contributed by atoms with van der Waals surface area (Å²) in [6.45, 7) is 4.94. The van der Waals surface area contributed by atoms with Crippen LogP contribution in [-0.4, -0.2) is 45.6 Å². The minimum Gasteiger partial charge on any atom is -0.475 e. The highest BCUT2D eigenvalue weighted by Crippen LogP contribution is 2.29. The number of halogens is 1. The normalized spacial score (nSPS) is 12.1. The van der Waals surface area contributed by atoms with Gasteiger partial charge < -0.3 is 19.1 Å². The Hall–Kier alpha value is -0.930. The fraction of sp³-hybridized carbons (Fsp3) is 0.538. The summed E-state index contributed by atoms with van der Waals surface area (Å²) < 4.78 is 13.5. The third kappa shape index (κ3) is 3.58. The lowest BCUT2D eigenvalue weighted by Gasteiger charge is -2.18. The fourth-order valence-electron chi connectivity index (χ4n) is 1.92. The van der Waals surface area contributed by atoms with E-state index < -0.39 is 5.60 Å². The van der Waals surface area contributed by atoms with E-state index in [9.17, 15) is 5.11 Å². The standard InChI is InChI=1S/C13H18IN3O3/c1-13(2,18)7-17-6-9(14)10-11(17)15-8-16-12(10)20-5-4-19-3/h6,8,18H,4-5,7H2,1-3H3. The molecule has 0 aliphatic carbocycles. The van der Waals surface area contributed by atoms with Gasteiger partial charge in [0.2, 0.25) is 5.88 Å². The number of methoxy groups -OCH3 is 1. The van der Waals surface area contributed by atoms with Gasteiger partial charge in [0.1, 0.15) is 18.6 Å². The molecule has 2 heterocycles. The van der Waals surface area contributed by atoms with Crippen LogP contribution < -0.4 is 4.74 Å². The summed E-state index contributed by atoms with van der Waals surface area (Å²) >= 11 is 2.22. The van der Waals surface area contributed by atoms with Crippen molar-refractivity contribution in [2.24, 2.45) is 0 Å². The molecule has 20 heavy (non-hydrogen) atoms. The molecule has 6 nitrogen and oxygen atoms in total. The minimum atomic E-state index is -0.808. The van der Waals surface area contributed by atoms with Crippen LogP contribution in [0.2, 0.25) is 0 Å². The van der Waals surface area contributed by atoms with Gasteiger partial charge in [0.05, 0.1) is 24.1 Å². The van der Waals surface area contributed by atoms with Gasteiger partial charge in [-0.2, -0.15) is 0 Å². The summed E-state index contributed by atoms with van der Waals surface area (Å²) in [6.07, 6.45) is 3.42. The lowest BCUT2D eigenvalue weighted by atomic mass is 10.1. The van der Waals surface area contributed by atoms with Crippen molar-refractivity contribution in [2.75, 3.05) is 20.3 Å². The largest absolute Gasteiger partial charge is 0.475 e. The van der Waals surface area contributed by atoms with Crippen LogP contribution in [0.5, 0.6) is 5.88 Å². The molecule has 1 N–H and O–H groups in total. The zero-order valence-electron chi connectivity index (χ0n) is 11.8. The van der Waals surface area contributed by atoms with E-state index >= 15 is 0 Å². The SMILES string of the molecule is COCCOc1ncnc2c1c(I)cn2CC(C)(C)O. The number of rotatable bonds is 6. The molecule has 0 saturated heterocycles. The number of aromatic nitrogens is 3. The van der Waals surface area contributed by atoms with Crippen LogP contribution in [0, 0.1) is 3.57 Å². The van der Waals surface area contributed by atoms with Gasteiger partial charge in [-0.1, -0.05) is 0 Å². The van der Waals surface area contributed by atoms with E-state index in [4.69, 9.17) is 9.47 Å². The van der Waals surface area contributed by atoms with Crippen molar-refractivity contribution in [3.05, 3.63) is 16.1 Å². The maximum absolute atomic E-state index is 9.97. The van der Waals surface area contributed by atoms with Gasteiger partial charge in [-0.3, -0.25) is 0 Å². The van der Waals surface area contributed by atoms with Crippen LogP contribution in [-0.2, 0) is 11.3 Å². The quantitative estimate of drug-likeness (QED) is 0.601. The molecule has 0 spiro atoms. The first-order valence-corrected chi connectivity index (χ1v) is 7.33. The molecular weight excluding hydrogens is 373 g/mol. The van der Waals surface area contributed by atoms with Crippen molar-refractivity contribution in [3.8, 4) is 5.88 Å². The van der Waals surface area contributed by atoms with Gasteiger partial charge in [-0.05, 0) is 36.4 Å². The second kappa shape index (κ2) is 6.23. The van der Waals surface area contributed by atoms with E-state index in [2.05, 4.69) is 32.6 Å². The lowest BCUT2D eigenvalue weighted by molar-refractivity contribution is 0.0626. The predicted molar refractivity (Wildman–Crippen MR) is 83.9 cm³/mol. The van der Waals surface area contributed by atoms with Gasteiger partial charge >= 0.3 is 0 Å². The van der Waals surface area contributed by atoms with Crippen LogP contribution in [0.4, 0.5) is 0 Å². The van der Waals surface area contributed by atoms with E-state index in [0.717, 1.165) is 14.6 Å². The molecule has 0 fully saturated rings. The highest BCUT2D eigenvalue weighted by molar-refractivity contribution is 14.1. The van der Waals surface area contributed by atoms with Crippen molar-refractivity contribution in [3.63, 3.8) is 0 Å². The third-order valence-electron chi connectivity index (χ3n) is 2.66. The zero-order valence-corrected chi connectivity index (χ0v) is 13.9. The molecule has 0 atom stereocenters. The summed E-state index contributed by atoms with van der Waals surface area (Å²) in [5, 5.41) is 10.8. The maximum Gasteiger partial charge on any atom is 0.227 e. The molecule has 0 unspecified atom stereocenters. The third-order valence-corrected chi connectivity index (χ3v) is 3.47. The van der Waals surface area contributed by atoms with Crippen molar-refractivity contribution < 1.29 is 14.6 Å². The first-order chi connectivity index (χ1) is 9.42. The minimum absolute atomic E-state index is 0.440. The van der Waals surface area contributed by atoms with Crippen LogP contribution in [0.1, 0.15) is 13.8 Å². The first-order valence-electron chi connectivity index (χ1n) is 6.26. The number of nitrogens with zero attached hydrogens (tertiary/aromatic N) is 3. The molecule has 2 aromatic heterocycles. The Morgan fingerprint density at radius 1 is 1.35 bits per heavy atom. The molecule has 0 aromatic carbocycles. The summed E-state index contributed by atoms with van der Waals surface area (Å²) in [7, 11) is 1.63. The molecule has 0 radical (unpaired) electrons. The number of ether oxygens (including phenoxy) is 2. The van der Waals surface area contributed by atoms with E-state index in [1.54, 1.807) is 21.0 Å². The van der Waals surface area contributed by atoms with Crippen LogP contribution in [0.3, 0.4) is 0 Å². The predicted octanol–water partition coefficient (Wildman–Crippen LogP) is 1.83. The topological polar surface area (TPSA) is 69.4 Å². The van der Waals surface area contributed by atoms with Gasteiger partial charge in [0.15, 0.2) is 0 Å². The average molecular weight is 391 g/mol. The van der Waals surface area contributed by atoms with E-state index in [1.165, 1.54) is 6.33 Å². The van der Waals surface area contributed by atoms with Crippen molar-refractivity contribution in [1.82, 2.24) is 14.5 Å². The van der Waals surface area contributed by atoms with Gasteiger partial charge in [0, 0.05) is 16.9 Å². The van der Waals surface area contributed by atoms with Gasteiger partial charge in [-0.25, -0.2) is 9.97 Å². The Labute approximate surface area is 131 Å². The summed E-state index contributed by atoms with van der Waals surface area (Å²) in [5.41, 5.74) is -0.0456. The van der Waals surface area contributed by atoms with Crippen LogP contribution in [0.15, 0.2) is 12.5 Å².